The maximum absolute atomic E-state index is 12.9. The molecule has 0 aromatic heterocycles. The van der Waals surface area contributed by atoms with E-state index in [0.29, 0.717) is 12.3 Å². The van der Waals surface area contributed by atoms with Crippen molar-refractivity contribution in [2.75, 3.05) is 0 Å². The zero-order valence-corrected chi connectivity index (χ0v) is 10.3. The molecule has 2 rings (SSSR count). The Hall–Kier alpha value is -2.15. The fraction of sp³-hybridized carbons (Fsp3) is 0.231. The average Bonchev–Trinajstić information content (AvgIpc) is 2.35. The van der Waals surface area contributed by atoms with Gasteiger partial charge in [0.25, 0.3) is 5.69 Å². The molecule has 0 saturated carbocycles. The topological polar surface area (TPSA) is 63.4 Å². The monoisotopic (exact) mass is 285 g/mol. The first-order valence-electron chi connectivity index (χ1n) is 5.61. The summed E-state index contributed by atoms with van der Waals surface area (Å²) >= 11 is 0. The van der Waals surface area contributed by atoms with E-state index in [1.165, 1.54) is 24.3 Å². The van der Waals surface area contributed by atoms with Crippen molar-refractivity contribution >= 4 is 16.5 Å². The molecule has 0 amide bonds. The minimum Gasteiger partial charge on any atom is -0.376 e. The Morgan fingerprint density at radius 1 is 1.20 bits per heavy atom. The number of nitro groups is 1. The molecule has 2 aromatic rings. The van der Waals surface area contributed by atoms with Gasteiger partial charge < -0.3 is 5.11 Å². The largest absolute Gasteiger partial charge is 0.421 e. The van der Waals surface area contributed by atoms with Crippen LogP contribution >= 0.6 is 0 Å². The van der Waals surface area contributed by atoms with Gasteiger partial charge in [-0.2, -0.15) is 13.2 Å². The SMILES string of the molecule is CC(O)(c1cccc2ccc([N+](=O)[O-])cc12)C(F)(F)F. The lowest BCUT2D eigenvalue weighted by molar-refractivity contribution is -0.384. The maximum Gasteiger partial charge on any atom is 0.421 e. The summed E-state index contributed by atoms with van der Waals surface area (Å²) in [4.78, 5) is 10.0. The van der Waals surface area contributed by atoms with Crippen LogP contribution in [-0.4, -0.2) is 16.2 Å². The molecular weight excluding hydrogens is 275 g/mol. The Kier molecular flexibility index (Phi) is 3.17. The molecule has 0 fully saturated rings. The van der Waals surface area contributed by atoms with E-state index in [9.17, 15) is 28.4 Å². The highest BCUT2D eigenvalue weighted by atomic mass is 19.4. The van der Waals surface area contributed by atoms with Crippen molar-refractivity contribution in [2.24, 2.45) is 0 Å². The fourth-order valence-corrected chi connectivity index (χ4v) is 1.95. The van der Waals surface area contributed by atoms with Gasteiger partial charge >= 0.3 is 6.18 Å². The van der Waals surface area contributed by atoms with Crippen LogP contribution < -0.4 is 0 Å². The molecule has 106 valence electrons. The summed E-state index contributed by atoms with van der Waals surface area (Å²) in [5, 5.41) is 20.9. The number of hydrogen-bond donors (Lipinski definition) is 1. The third kappa shape index (κ3) is 2.20. The number of fused-ring (bicyclic) bond motifs is 1. The summed E-state index contributed by atoms with van der Waals surface area (Å²) < 4.78 is 38.8. The Bertz CT molecular complexity index is 680. The molecular formula is C13H10F3NO3. The van der Waals surface area contributed by atoms with Crippen molar-refractivity contribution in [1.82, 2.24) is 0 Å². The van der Waals surface area contributed by atoms with Gasteiger partial charge in [0, 0.05) is 17.7 Å². The molecule has 1 N–H and O–H groups in total. The van der Waals surface area contributed by atoms with Gasteiger partial charge in [0.1, 0.15) is 0 Å². The summed E-state index contributed by atoms with van der Waals surface area (Å²) in [6.07, 6.45) is -4.88. The van der Waals surface area contributed by atoms with Crippen molar-refractivity contribution in [3.8, 4) is 0 Å². The summed E-state index contributed by atoms with van der Waals surface area (Å²) in [5.74, 6) is 0. The summed E-state index contributed by atoms with van der Waals surface area (Å²) in [7, 11) is 0. The number of aliphatic hydroxyl groups is 1. The normalized spacial score (nSPS) is 15.1. The van der Waals surface area contributed by atoms with Crippen LogP contribution in [-0.2, 0) is 5.60 Å². The van der Waals surface area contributed by atoms with Crippen LogP contribution in [0.2, 0.25) is 0 Å². The van der Waals surface area contributed by atoms with Crippen LogP contribution in [0.25, 0.3) is 10.8 Å². The zero-order valence-electron chi connectivity index (χ0n) is 10.3. The number of non-ortho nitro benzene ring substituents is 1. The van der Waals surface area contributed by atoms with E-state index in [1.54, 1.807) is 0 Å². The first kappa shape index (κ1) is 14.3. The molecule has 0 spiro atoms. The van der Waals surface area contributed by atoms with Crippen LogP contribution in [0.1, 0.15) is 12.5 Å². The number of rotatable bonds is 2. The number of hydrogen-bond acceptors (Lipinski definition) is 3. The minimum atomic E-state index is -4.88. The Labute approximate surface area is 111 Å². The molecule has 0 aliphatic carbocycles. The molecule has 2 aromatic carbocycles. The Morgan fingerprint density at radius 2 is 1.85 bits per heavy atom. The number of nitrogens with zero attached hydrogens (tertiary/aromatic N) is 1. The number of benzene rings is 2. The maximum atomic E-state index is 12.9. The summed E-state index contributed by atoms with van der Waals surface area (Å²) in [6, 6.07) is 7.58. The van der Waals surface area contributed by atoms with E-state index in [2.05, 4.69) is 0 Å². The summed E-state index contributed by atoms with van der Waals surface area (Å²) in [6.45, 7) is 0.626. The Morgan fingerprint density at radius 3 is 2.40 bits per heavy atom. The molecule has 0 aliphatic heterocycles. The quantitative estimate of drug-likeness (QED) is 0.678. The van der Waals surface area contributed by atoms with Gasteiger partial charge in [-0.3, -0.25) is 10.1 Å². The highest BCUT2D eigenvalue weighted by Gasteiger charge is 2.51. The smallest absolute Gasteiger partial charge is 0.376 e. The van der Waals surface area contributed by atoms with Crippen molar-refractivity contribution in [2.45, 2.75) is 18.7 Å². The van der Waals surface area contributed by atoms with Crippen molar-refractivity contribution < 1.29 is 23.2 Å². The predicted octanol–water partition coefficient (Wildman–Crippen LogP) is 3.52. The van der Waals surface area contributed by atoms with Crippen LogP contribution in [0.5, 0.6) is 0 Å². The van der Waals surface area contributed by atoms with Gasteiger partial charge in [0.15, 0.2) is 5.60 Å². The van der Waals surface area contributed by atoms with E-state index in [1.807, 2.05) is 0 Å². The zero-order chi connectivity index (χ0) is 15.1. The van der Waals surface area contributed by atoms with E-state index in [0.717, 1.165) is 12.1 Å². The first-order chi connectivity index (χ1) is 9.14. The van der Waals surface area contributed by atoms with Crippen LogP contribution in [0, 0.1) is 10.1 Å². The summed E-state index contributed by atoms with van der Waals surface area (Å²) in [5.41, 5.74) is -3.82. The third-order valence-corrected chi connectivity index (χ3v) is 3.15. The second-order valence-electron chi connectivity index (χ2n) is 4.54. The lowest BCUT2D eigenvalue weighted by atomic mass is 9.90. The van der Waals surface area contributed by atoms with Crippen molar-refractivity contribution in [1.29, 1.82) is 0 Å². The van der Waals surface area contributed by atoms with E-state index in [4.69, 9.17) is 0 Å². The van der Waals surface area contributed by atoms with Crippen molar-refractivity contribution in [3.63, 3.8) is 0 Å². The molecule has 7 heteroatoms. The molecule has 0 aliphatic rings. The van der Waals surface area contributed by atoms with Gasteiger partial charge in [-0.05, 0) is 23.8 Å². The van der Waals surface area contributed by atoms with Crippen LogP contribution in [0.15, 0.2) is 36.4 Å². The highest BCUT2D eigenvalue weighted by molar-refractivity contribution is 5.88. The van der Waals surface area contributed by atoms with Gasteiger partial charge in [0.2, 0.25) is 0 Å². The molecule has 0 saturated heterocycles. The third-order valence-electron chi connectivity index (χ3n) is 3.15. The first-order valence-corrected chi connectivity index (χ1v) is 5.61. The van der Waals surface area contributed by atoms with E-state index >= 15 is 0 Å². The van der Waals surface area contributed by atoms with Gasteiger partial charge in [-0.25, -0.2) is 0 Å². The molecule has 20 heavy (non-hydrogen) atoms. The van der Waals surface area contributed by atoms with E-state index < -0.39 is 22.3 Å². The lowest BCUT2D eigenvalue weighted by Crippen LogP contribution is -2.39. The van der Waals surface area contributed by atoms with Gasteiger partial charge in [-0.1, -0.05) is 18.2 Å². The van der Waals surface area contributed by atoms with Crippen LogP contribution in [0.4, 0.5) is 18.9 Å². The molecule has 4 nitrogen and oxygen atoms in total. The van der Waals surface area contributed by atoms with Crippen LogP contribution in [0.3, 0.4) is 0 Å². The predicted molar refractivity (Wildman–Crippen MR) is 66.2 cm³/mol. The molecule has 0 radical (unpaired) electrons. The molecule has 0 bridgehead atoms. The van der Waals surface area contributed by atoms with Gasteiger partial charge in [-0.15, -0.1) is 0 Å². The number of alkyl halides is 3. The van der Waals surface area contributed by atoms with Crippen molar-refractivity contribution in [3.05, 3.63) is 52.1 Å². The average molecular weight is 285 g/mol. The fourth-order valence-electron chi connectivity index (χ4n) is 1.95. The highest BCUT2D eigenvalue weighted by Crippen LogP contribution is 2.41. The second kappa shape index (κ2) is 4.45. The lowest BCUT2D eigenvalue weighted by Gasteiger charge is -2.27. The molecule has 0 heterocycles. The standard InChI is InChI=1S/C13H10F3NO3/c1-12(18,13(14,15)16)11-4-2-3-8-5-6-9(17(19)20)7-10(8)11/h2-7,18H,1H3. The van der Waals surface area contributed by atoms with E-state index in [-0.39, 0.29) is 11.1 Å². The number of nitro benzene ring substituents is 1. The Balaban J connectivity index is 2.77. The number of halogens is 3. The van der Waals surface area contributed by atoms with Gasteiger partial charge in [0.05, 0.1) is 4.92 Å². The minimum absolute atomic E-state index is 0.00373. The molecule has 1 atom stereocenters. The second-order valence-corrected chi connectivity index (χ2v) is 4.54. The molecule has 1 unspecified atom stereocenters.